The van der Waals surface area contributed by atoms with E-state index in [-0.39, 0.29) is 0 Å². The van der Waals surface area contributed by atoms with E-state index >= 15 is 0 Å². The van der Waals surface area contributed by atoms with Crippen LogP contribution in [0.2, 0.25) is 0 Å². The Morgan fingerprint density at radius 1 is 1.38 bits per heavy atom. The SMILES string of the molecule is CC(C)(C)N1CCC2=NCC=C2C1. The van der Waals surface area contributed by atoms with Crippen molar-refractivity contribution in [1.82, 2.24) is 4.90 Å². The van der Waals surface area contributed by atoms with Crippen LogP contribution in [-0.4, -0.2) is 35.8 Å². The molecule has 0 unspecified atom stereocenters. The summed E-state index contributed by atoms with van der Waals surface area (Å²) in [5.74, 6) is 0. The van der Waals surface area contributed by atoms with E-state index < -0.39 is 0 Å². The molecule has 1 saturated heterocycles. The molecule has 2 heterocycles. The van der Waals surface area contributed by atoms with Gasteiger partial charge in [-0.05, 0) is 26.3 Å². The smallest absolute Gasteiger partial charge is 0.0580 e. The van der Waals surface area contributed by atoms with Crippen molar-refractivity contribution in [3.8, 4) is 0 Å². The summed E-state index contributed by atoms with van der Waals surface area (Å²) >= 11 is 0. The Labute approximate surface area is 80.3 Å². The molecule has 2 aliphatic heterocycles. The Morgan fingerprint density at radius 2 is 2.15 bits per heavy atom. The fourth-order valence-corrected chi connectivity index (χ4v) is 1.98. The molecule has 13 heavy (non-hydrogen) atoms. The van der Waals surface area contributed by atoms with Crippen LogP contribution in [0.1, 0.15) is 27.2 Å². The lowest BCUT2D eigenvalue weighted by molar-refractivity contribution is 0.151. The van der Waals surface area contributed by atoms with Crippen LogP contribution in [-0.2, 0) is 0 Å². The van der Waals surface area contributed by atoms with Gasteiger partial charge in [0.2, 0.25) is 0 Å². The van der Waals surface area contributed by atoms with Crippen molar-refractivity contribution in [3.05, 3.63) is 11.6 Å². The third kappa shape index (κ3) is 1.68. The molecule has 0 saturated carbocycles. The maximum absolute atomic E-state index is 4.47. The summed E-state index contributed by atoms with van der Waals surface area (Å²) in [5, 5.41) is 0. The molecule has 2 nitrogen and oxygen atoms in total. The first-order valence-electron chi connectivity index (χ1n) is 5.05. The molecule has 1 fully saturated rings. The minimum Gasteiger partial charge on any atom is -0.294 e. The van der Waals surface area contributed by atoms with Gasteiger partial charge in [0.1, 0.15) is 0 Å². The molecule has 0 aliphatic carbocycles. The van der Waals surface area contributed by atoms with Gasteiger partial charge in [-0.1, -0.05) is 6.08 Å². The van der Waals surface area contributed by atoms with Crippen LogP contribution in [0, 0.1) is 0 Å². The lowest BCUT2D eigenvalue weighted by atomic mass is 9.97. The Kier molecular flexibility index (Phi) is 2.03. The molecule has 2 aliphatic rings. The largest absolute Gasteiger partial charge is 0.294 e. The Balaban J connectivity index is 2.10. The Hall–Kier alpha value is -0.630. The van der Waals surface area contributed by atoms with Crippen LogP contribution in [0.5, 0.6) is 0 Å². The number of likely N-dealkylation sites (tertiary alicyclic amines) is 1. The van der Waals surface area contributed by atoms with Crippen molar-refractivity contribution in [2.24, 2.45) is 4.99 Å². The fourth-order valence-electron chi connectivity index (χ4n) is 1.98. The molecular weight excluding hydrogens is 160 g/mol. The molecule has 72 valence electrons. The van der Waals surface area contributed by atoms with E-state index in [1.807, 2.05) is 0 Å². The third-order valence-electron chi connectivity index (χ3n) is 2.92. The zero-order valence-electron chi connectivity index (χ0n) is 8.80. The van der Waals surface area contributed by atoms with Crippen LogP contribution in [0.4, 0.5) is 0 Å². The van der Waals surface area contributed by atoms with Crippen LogP contribution in [0.25, 0.3) is 0 Å². The van der Waals surface area contributed by atoms with Gasteiger partial charge in [0.25, 0.3) is 0 Å². The third-order valence-corrected chi connectivity index (χ3v) is 2.92. The highest BCUT2D eigenvalue weighted by atomic mass is 15.2. The Morgan fingerprint density at radius 3 is 2.85 bits per heavy atom. The fraction of sp³-hybridized carbons (Fsp3) is 0.727. The number of hydrogen-bond donors (Lipinski definition) is 0. The number of aliphatic imine (C=N–C) groups is 1. The number of piperidine rings is 1. The lowest BCUT2D eigenvalue weighted by Gasteiger charge is -2.39. The highest BCUT2D eigenvalue weighted by molar-refractivity contribution is 6.02. The molecule has 0 atom stereocenters. The van der Waals surface area contributed by atoms with E-state index in [0.717, 1.165) is 19.5 Å². The van der Waals surface area contributed by atoms with E-state index in [2.05, 4.69) is 36.7 Å². The summed E-state index contributed by atoms with van der Waals surface area (Å²) < 4.78 is 0. The number of hydrogen-bond acceptors (Lipinski definition) is 2. The van der Waals surface area contributed by atoms with Crippen molar-refractivity contribution >= 4 is 5.71 Å². The van der Waals surface area contributed by atoms with Crippen LogP contribution >= 0.6 is 0 Å². The summed E-state index contributed by atoms with van der Waals surface area (Å²) in [5.41, 5.74) is 3.14. The monoisotopic (exact) mass is 178 g/mol. The molecule has 0 N–H and O–H groups in total. The molecule has 0 bridgehead atoms. The quantitative estimate of drug-likeness (QED) is 0.553. The molecule has 0 aromatic heterocycles. The summed E-state index contributed by atoms with van der Waals surface area (Å²) in [7, 11) is 0. The second kappa shape index (κ2) is 2.95. The van der Waals surface area contributed by atoms with Crippen molar-refractivity contribution in [2.75, 3.05) is 19.6 Å². The topological polar surface area (TPSA) is 15.6 Å². The summed E-state index contributed by atoms with van der Waals surface area (Å²) in [4.78, 5) is 7.00. The molecule has 2 rings (SSSR count). The highest BCUT2D eigenvalue weighted by Gasteiger charge is 2.28. The summed E-state index contributed by atoms with van der Waals surface area (Å²) in [6.45, 7) is 10.0. The predicted octanol–water partition coefficient (Wildman–Crippen LogP) is 1.87. The van der Waals surface area contributed by atoms with Gasteiger partial charge in [0, 0.05) is 30.8 Å². The van der Waals surface area contributed by atoms with Gasteiger partial charge in [0.05, 0.1) is 6.54 Å². The lowest BCUT2D eigenvalue weighted by Crippen LogP contribution is -2.46. The summed E-state index contributed by atoms with van der Waals surface area (Å²) in [6, 6.07) is 0. The van der Waals surface area contributed by atoms with Crippen LogP contribution in [0.3, 0.4) is 0 Å². The van der Waals surface area contributed by atoms with Crippen LogP contribution in [0.15, 0.2) is 16.6 Å². The van der Waals surface area contributed by atoms with Gasteiger partial charge in [-0.15, -0.1) is 0 Å². The molecule has 0 aromatic carbocycles. The van der Waals surface area contributed by atoms with Crippen molar-refractivity contribution < 1.29 is 0 Å². The molecule has 2 heteroatoms. The number of fused-ring (bicyclic) bond motifs is 1. The van der Waals surface area contributed by atoms with Gasteiger partial charge in [-0.3, -0.25) is 9.89 Å². The minimum atomic E-state index is 0.301. The van der Waals surface area contributed by atoms with E-state index in [1.165, 1.54) is 17.8 Å². The molecule has 0 radical (unpaired) electrons. The zero-order valence-corrected chi connectivity index (χ0v) is 8.80. The van der Waals surface area contributed by atoms with E-state index in [4.69, 9.17) is 0 Å². The molecular formula is C11H18N2. The second-order valence-electron chi connectivity index (χ2n) is 4.86. The molecule has 0 spiro atoms. The molecule has 0 amide bonds. The average molecular weight is 178 g/mol. The maximum Gasteiger partial charge on any atom is 0.0580 e. The van der Waals surface area contributed by atoms with E-state index in [9.17, 15) is 0 Å². The van der Waals surface area contributed by atoms with E-state index in [0.29, 0.717) is 5.54 Å². The van der Waals surface area contributed by atoms with E-state index in [1.54, 1.807) is 0 Å². The van der Waals surface area contributed by atoms with Crippen molar-refractivity contribution in [1.29, 1.82) is 0 Å². The highest BCUT2D eigenvalue weighted by Crippen LogP contribution is 2.23. The van der Waals surface area contributed by atoms with Crippen LogP contribution < -0.4 is 0 Å². The normalized spacial score (nSPS) is 23.9. The van der Waals surface area contributed by atoms with Gasteiger partial charge in [0.15, 0.2) is 0 Å². The molecule has 0 aromatic rings. The number of nitrogens with zero attached hydrogens (tertiary/aromatic N) is 2. The predicted molar refractivity (Wildman–Crippen MR) is 56.3 cm³/mol. The second-order valence-corrected chi connectivity index (χ2v) is 4.86. The van der Waals surface area contributed by atoms with Crippen molar-refractivity contribution in [3.63, 3.8) is 0 Å². The van der Waals surface area contributed by atoms with Gasteiger partial charge in [-0.2, -0.15) is 0 Å². The zero-order chi connectivity index (χ0) is 9.47. The van der Waals surface area contributed by atoms with Gasteiger partial charge in [-0.25, -0.2) is 0 Å². The first-order valence-corrected chi connectivity index (χ1v) is 5.05. The summed E-state index contributed by atoms with van der Waals surface area (Å²) in [6.07, 6.45) is 3.41. The average Bonchev–Trinajstić information content (AvgIpc) is 2.47. The van der Waals surface area contributed by atoms with Gasteiger partial charge < -0.3 is 0 Å². The Bertz CT molecular complexity index is 268. The van der Waals surface area contributed by atoms with Crippen molar-refractivity contribution in [2.45, 2.75) is 32.7 Å². The maximum atomic E-state index is 4.47. The van der Waals surface area contributed by atoms with Gasteiger partial charge >= 0.3 is 0 Å². The number of rotatable bonds is 0. The standard InChI is InChI=1S/C11H18N2/c1-11(2,3)13-7-5-10-9(8-13)4-6-12-10/h4H,5-8H2,1-3H3. The first kappa shape index (κ1) is 8.95. The minimum absolute atomic E-state index is 0.301. The first-order chi connectivity index (χ1) is 6.07.